The van der Waals surface area contributed by atoms with Crippen molar-refractivity contribution in [2.75, 3.05) is 26.2 Å². The first-order valence-corrected chi connectivity index (χ1v) is 9.91. The predicted molar refractivity (Wildman–Crippen MR) is 100 cm³/mol. The number of piperazine rings is 1. The number of hydrogen-bond donors (Lipinski definition) is 1. The Morgan fingerprint density at radius 1 is 1.04 bits per heavy atom. The summed E-state index contributed by atoms with van der Waals surface area (Å²) >= 11 is 0. The molecule has 4 atom stereocenters. The summed E-state index contributed by atoms with van der Waals surface area (Å²) in [6, 6.07) is 8.07. The zero-order chi connectivity index (χ0) is 18.3. The molecule has 2 saturated carbocycles. The minimum Gasteiger partial charge on any atom is -0.339 e. The first kappa shape index (κ1) is 17.5. The Bertz CT molecular complexity index is 694. The van der Waals surface area contributed by atoms with Crippen LogP contribution in [0, 0.1) is 24.7 Å². The third-order valence-corrected chi connectivity index (χ3v) is 6.81. The number of rotatable bonds is 3. The van der Waals surface area contributed by atoms with Gasteiger partial charge in [-0.05, 0) is 49.1 Å². The molecule has 1 aromatic rings. The van der Waals surface area contributed by atoms with Crippen molar-refractivity contribution in [3.63, 3.8) is 0 Å². The summed E-state index contributed by atoms with van der Waals surface area (Å²) < 4.78 is 0. The molecule has 1 saturated heterocycles. The van der Waals surface area contributed by atoms with Crippen molar-refractivity contribution in [1.82, 2.24) is 9.80 Å². The fourth-order valence-electron chi connectivity index (χ4n) is 5.17. The first-order valence-electron chi connectivity index (χ1n) is 9.91. The molecule has 2 aliphatic carbocycles. The SMILES string of the molecule is Cc1ccccc1CC(=O)N1CCN(C(=O)C2C3CCC(C3)C2N)CC1. The number of benzene rings is 1. The molecule has 1 heterocycles. The molecule has 2 bridgehead atoms. The van der Waals surface area contributed by atoms with E-state index >= 15 is 0 Å². The molecule has 3 aliphatic rings. The van der Waals surface area contributed by atoms with Gasteiger partial charge >= 0.3 is 0 Å². The van der Waals surface area contributed by atoms with Gasteiger partial charge in [-0.2, -0.15) is 0 Å². The van der Waals surface area contributed by atoms with E-state index in [9.17, 15) is 9.59 Å². The van der Waals surface area contributed by atoms with Gasteiger partial charge in [-0.25, -0.2) is 0 Å². The van der Waals surface area contributed by atoms with Crippen LogP contribution in [0.5, 0.6) is 0 Å². The molecular weight excluding hydrogens is 326 g/mol. The van der Waals surface area contributed by atoms with Gasteiger partial charge in [0.05, 0.1) is 12.3 Å². The van der Waals surface area contributed by atoms with Crippen LogP contribution >= 0.6 is 0 Å². The molecule has 3 fully saturated rings. The van der Waals surface area contributed by atoms with Crippen LogP contribution < -0.4 is 5.73 Å². The number of hydrogen-bond acceptors (Lipinski definition) is 3. The van der Waals surface area contributed by atoms with E-state index in [-0.39, 0.29) is 23.8 Å². The monoisotopic (exact) mass is 355 g/mol. The van der Waals surface area contributed by atoms with Crippen LogP contribution in [-0.4, -0.2) is 53.8 Å². The van der Waals surface area contributed by atoms with Crippen LogP contribution in [0.25, 0.3) is 0 Å². The largest absolute Gasteiger partial charge is 0.339 e. The average molecular weight is 355 g/mol. The van der Waals surface area contributed by atoms with Gasteiger partial charge in [0.1, 0.15) is 0 Å². The Kier molecular flexibility index (Phi) is 4.74. The number of carbonyl (C=O) groups is 2. The third-order valence-electron chi connectivity index (χ3n) is 6.81. The maximum Gasteiger partial charge on any atom is 0.227 e. The van der Waals surface area contributed by atoms with Gasteiger partial charge in [0.15, 0.2) is 0 Å². The zero-order valence-electron chi connectivity index (χ0n) is 15.6. The van der Waals surface area contributed by atoms with Crippen LogP contribution in [0.1, 0.15) is 30.4 Å². The zero-order valence-corrected chi connectivity index (χ0v) is 15.6. The van der Waals surface area contributed by atoms with Gasteiger partial charge in [-0.3, -0.25) is 9.59 Å². The van der Waals surface area contributed by atoms with Gasteiger partial charge in [0.25, 0.3) is 0 Å². The lowest BCUT2D eigenvalue weighted by atomic mass is 9.84. The van der Waals surface area contributed by atoms with E-state index in [4.69, 9.17) is 5.73 Å². The fraction of sp³-hybridized carbons (Fsp3) is 0.619. The normalized spacial score (nSPS) is 30.7. The smallest absolute Gasteiger partial charge is 0.227 e. The van der Waals surface area contributed by atoms with E-state index in [1.807, 2.05) is 41.0 Å². The van der Waals surface area contributed by atoms with Gasteiger partial charge in [-0.15, -0.1) is 0 Å². The van der Waals surface area contributed by atoms with Gasteiger partial charge in [0, 0.05) is 32.2 Å². The maximum absolute atomic E-state index is 13.0. The quantitative estimate of drug-likeness (QED) is 0.895. The standard InChI is InChI=1S/C21H29N3O2/c1-14-4-2-3-5-15(14)13-18(25)23-8-10-24(11-9-23)21(26)19-16-6-7-17(12-16)20(19)22/h2-5,16-17,19-20H,6-13,22H2,1H3. The van der Waals surface area contributed by atoms with Crippen molar-refractivity contribution in [2.24, 2.45) is 23.5 Å². The van der Waals surface area contributed by atoms with E-state index in [0.717, 1.165) is 24.0 Å². The fourth-order valence-corrected chi connectivity index (χ4v) is 5.17. The Balaban J connectivity index is 1.32. The molecular formula is C21H29N3O2. The lowest BCUT2D eigenvalue weighted by Crippen LogP contribution is -2.55. The minimum atomic E-state index is 0.0166. The number of fused-ring (bicyclic) bond motifs is 2. The Labute approximate surface area is 155 Å². The van der Waals surface area contributed by atoms with Crippen molar-refractivity contribution < 1.29 is 9.59 Å². The van der Waals surface area contributed by atoms with Gasteiger partial charge in [0.2, 0.25) is 11.8 Å². The second kappa shape index (κ2) is 7.03. The number of nitrogens with zero attached hydrogens (tertiary/aromatic N) is 2. The highest BCUT2D eigenvalue weighted by Gasteiger charge is 2.50. The molecule has 5 nitrogen and oxygen atoms in total. The molecule has 4 unspecified atom stereocenters. The number of amides is 2. The summed E-state index contributed by atoms with van der Waals surface area (Å²) in [5.74, 6) is 1.44. The summed E-state index contributed by atoms with van der Waals surface area (Å²) in [4.78, 5) is 29.4. The Morgan fingerprint density at radius 2 is 1.69 bits per heavy atom. The second-order valence-corrected chi connectivity index (χ2v) is 8.25. The predicted octanol–water partition coefficient (Wildman–Crippen LogP) is 1.58. The highest BCUT2D eigenvalue weighted by molar-refractivity contribution is 5.82. The summed E-state index contributed by atoms with van der Waals surface area (Å²) in [7, 11) is 0. The number of nitrogens with two attached hydrogens (primary N) is 1. The van der Waals surface area contributed by atoms with Crippen molar-refractivity contribution in [3.05, 3.63) is 35.4 Å². The topological polar surface area (TPSA) is 66.6 Å². The first-order chi connectivity index (χ1) is 12.5. The lowest BCUT2D eigenvalue weighted by molar-refractivity contribution is -0.143. The van der Waals surface area contributed by atoms with Crippen molar-refractivity contribution in [1.29, 1.82) is 0 Å². The molecule has 1 aromatic carbocycles. The van der Waals surface area contributed by atoms with Gasteiger partial charge < -0.3 is 15.5 Å². The van der Waals surface area contributed by atoms with Crippen molar-refractivity contribution in [2.45, 2.75) is 38.6 Å². The van der Waals surface area contributed by atoms with Crippen LogP contribution in [0.15, 0.2) is 24.3 Å². The minimum absolute atomic E-state index is 0.0166. The summed E-state index contributed by atoms with van der Waals surface area (Å²) in [6.07, 6.45) is 3.92. The number of carbonyl (C=O) groups excluding carboxylic acids is 2. The van der Waals surface area contributed by atoms with Crippen molar-refractivity contribution in [3.8, 4) is 0 Å². The number of aryl methyl sites for hydroxylation is 1. The van der Waals surface area contributed by atoms with Crippen LogP contribution in [0.3, 0.4) is 0 Å². The molecule has 0 radical (unpaired) electrons. The molecule has 2 N–H and O–H groups in total. The van der Waals surface area contributed by atoms with E-state index in [1.165, 1.54) is 6.42 Å². The molecule has 0 spiro atoms. The molecule has 140 valence electrons. The summed E-state index contributed by atoms with van der Waals surface area (Å²) in [5.41, 5.74) is 8.58. The van der Waals surface area contributed by atoms with Gasteiger partial charge in [-0.1, -0.05) is 24.3 Å². The molecule has 1 aliphatic heterocycles. The molecule has 2 amide bonds. The van der Waals surface area contributed by atoms with E-state index in [0.29, 0.717) is 44.4 Å². The molecule has 0 aromatic heterocycles. The molecule has 4 rings (SSSR count). The van der Waals surface area contributed by atoms with Crippen LogP contribution in [0.2, 0.25) is 0 Å². The van der Waals surface area contributed by atoms with E-state index < -0.39 is 0 Å². The Morgan fingerprint density at radius 3 is 2.35 bits per heavy atom. The summed E-state index contributed by atoms with van der Waals surface area (Å²) in [6.45, 7) is 4.58. The van der Waals surface area contributed by atoms with Crippen molar-refractivity contribution >= 4 is 11.8 Å². The van der Waals surface area contributed by atoms with E-state index in [2.05, 4.69) is 0 Å². The maximum atomic E-state index is 13.0. The third kappa shape index (κ3) is 3.13. The average Bonchev–Trinajstić information content (AvgIpc) is 3.24. The summed E-state index contributed by atoms with van der Waals surface area (Å²) in [5, 5.41) is 0. The Hall–Kier alpha value is -1.88. The lowest BCUT2D eigenvalue weighted by Gasteiger charge is -2.38. The highest BCUT2D eigenvalue weighted by atomic mass is 16.2. The molecule has 26 heavy (non-hydrogen) atoms. The highest BCUT2D eigenvalue weighted by Crippen LogP contribution is 2.48. The molecule has 5 heteroatoms. The van der Waals surface area contributed by atoms with Crippen LogP contribution in [-0.2, 0) is 16.0 Å². The van der Waals surface area contributed by atoms with Crippen LogP contribution in [0.4, 0.5) is 0 Å². The van der Waals surface area contributed by atoms with E-state index in [1.54, 1.807) is 0 Å². The second-order valence-electron chi connectivity index (χ2n) is 8.25.